The average Bonchev–Trinajstić information content (AvgIpc) is 2.41. The molecule has 0 saturated heterocycles. The summed E-state index contributed by atoms with van der Waals surface area (Å²) in [5, 5.41) is 10.5. The predicted molar refractivity (Wildman–Crippen MR) is 86.7 cm³/mol. The van der Waals surface area contributed by atoms with E-state index in [9.17, 15) is 5.11 Å². The highest BCUT2D eigenvalue weighted by Gasteiger charge is 2.14. The molecule has 1 N–H and O–H groups in total. The van der Waals surface area contributed by atoms with E-state index in [4.69, 9.17) is 0 Å². The van der Waals surface area contributed by atoms with Gasteiger partial charge < -0.3 is 5.11 Å². The number of aliphatic hydroxyl groups is 1. The van der Waals surface area contributed by atoms with E-state index < -0.39 is 6.10 Å². The van der Waals surface area contributed by atoms with Crippen LogP contribution in [0.2, 0.25) is 0 Å². The maximum absolute atomic E-state index is 10.5. The van der Waals surface area contributed by atoms with Gasteiger partial charge in [-0.3, -0.25) is 0 Å². The molecule has 0 heterocycles. The van der Waals surface area contributed by atoms with E-state index in [0.717, 1.165) is 25.6 Å². The van der Waals surface area contributed by atoms with Crippen molar-refractivity contribution in [3.8, 4) is 0 Å². The van der Waals surface area contributed by atoms with Crippen LogP contribution in [-0.4, -0.2) is 5.11 Å². The van der Waals surface area contributed by atoms with Gasteiger partial charge in [-0.2, -0.15) is 0 Å². The highest BCUT2D eigenvalue weighted by atomic mass is 127. The Morgan fingerprint density at radius 1 is 1.22 bits per heavy atom. The highest BCUT2D eigenvalue weighted by Crippen LogP contribution is 2.29. The molecule has 2 aromatic rings. The molecule has 3 heteroatoms. The highest BCUT2D eigenvalue weighted by molar-refractivity contribution is 14.1. The Balaban J connectivity index is 2.40. The van der Waals surface area contributed by atoms with Gasteiger partial charge in [-0.1, -0.05) is 47.1 Å². The number of hydrogen-bond donors (Lipinski definition) is 1. The summed E-state index contributed by atoms with van der Waals surface area (Å²) in [5.41, 5.74) is 3.14. The molecule has 0 aliphatic carbocycles. The zero-order valence-corrected chi connectivity index (χ0v) is 13.8. The van der Waals surface area contributed by atoms with Crippen LogP contribution in [0.4, 0.5) is 0 Å². The molecule has 0 amide bonds. The van der Waals surface area contributed by atoms with Gasteiger partial charge in [-0.15, -0.1) is 0 Å². The summed E-state index contributed by atoms with van der Waals surface area (Å²) in [4.78, 5) is 0. The molecule has 0 fully saturated rings. The van der Waals surface area contributed by atoms with Crippen molar-refractivity contribution in [2.24, 2.45) is 0 Å². The molecule has 2 aromatic carbocycles. The van der Waals surface area contributed by atoms with Crippen molar-refractivity contribution in [1.29, 1.82) is 0 Å². The van der Waals surface area contributed by atoms with Gasteiger partial charge in [0, 0.05) is 8.04 Å². The van der Waals surface area contributed by atoms with E-state index in [0.29, 0.717) is 0 Å². The van der Waals surface area contributed by atoms with Crippen LogP contribution in [0.3, 0.4) is 0 Å². The molecule has 2 rings (SSSR count). The molecule has 1 unspecified atom stereocenters. The largest absolute Gasteiger partial charge is 0.384 e. The first-order chi connectivity index (χ1) is 8.61. The molecule has 0 saturated carbocycles. The molecule has 0 bridgehead atoms. The molecule has 18 heavy (non-hydrogen) atoms. The van der Waals surface area contributed by atoms with Crippen molar-refractivity contribution in [3.05, 3.63) is 67.2 Å². The van der Waals surface area contributed by atoms with E-state index >= 15 is 0 Å². The van der Waals surface area contributed by atoms with Crippen molar-refractivity contribution in [2.75, 3.05) is 0 Å². The van der Waals surface area contributed by atoms with Gasteiger partial charge >= 0.3 is 0 Å². The van der Waals surface area contributed by atoms with E-state index in [2.05, 4.69) is 57.6 Å². The van der Waals surface area contributed by atoms with Crippen LogP contribution >= 0.6 is 38.5 Å². The summed E-state index contributed by atoms with van der Waals surface area (Å²) in [6.45, 7) is 2.12. The van der Waals surface area contributed by atoms with E-state index in [1.54, 1.807) is 0 Å². The number of halogens is 2. The molecule has 0 radical (unpaired) electrons. The monoisotopic (exact) mass is 416 g/mol. The minimum atomic E-state index is -0.569. The maximum atomic E-state index is 10.5. The van der Waals surface area contributed by atoms with Gasteiger partial charge in [0.2, 0.25) is 0 Å². The zero-order valence-electron chi connectivity index (χ0n) is 10.0. The molecule has 1 atom stereocenters. The molecular formula is C15H14BrIO. The summed E-state index contributed by atoms with van der Waals surface area (Å²) in [5.74, 6) is 0. The molecule has 0 spiro atoms. The average molecular weight is 417 g/mol. The lowest BCUT2D eigenvalue weighted by Crippen LogP contribution is -2.02. The van der Waals surface area contributed by atoms with Gasteiger partial charge in [0.25, 0.3) is 0 Å². The second-order valence-electron chi connectivity index (χ2n) is 4.17. The van der Waals surface area contributed by atoms with Crippen LogP contribution in [0.15, 0.2) is 46.9 Å². The van der Waals surface area contributed by atoms with Crippen LogP contribution in [0.1, 0.15) is 29.7 Å². The van der Waals surface area contributed by atoms with Gasteiger partial charge in [-0.05, 0) is 63.9 Å². The van der Waals surface area contributed by atoms with Gasteiger partial charge in [-0.25, -0.2) is 0 Å². The first-order valence-electron chi connectivity index (χ1n) is 5.83. The molecule has 94 valence electrons. The van der Waals surface area contributed by atoms with Crippen LogP contribution in [-0.2, 0) is 6.42 Å². The first-order valence-corrected chi connectivity index (χ1v) is 7.71. The quantitative estimate of drug-likeness (QED) is 0.719. The summed E-state index contributed by atoms with van der Waals surface area (Å²) < 4.78 is 2.06. The third-order valence-corrected chi connectivity index (χ3v) is 4.40. The fourth-order valence-electron chi connectivity index (χ4n) is 1.89. The normalized spacial score (nSPS) is 12.4. The molecular weight excluding hydrogens is 403 g/mol. The van der Waals surface area contributed by atoms with E-state index in [1.165, 1.54) is 5.56 Å². The lowest BCUT2D eigenvalue weighted by atomic mass is 9.99. The van der Waals surface area contributed by atoms with Crippen molar-refractivity contribution in [3.63, 3.8) is 0 Å². The number of benzene rings is 2. The topological polar surface area (TPSA) is 20.2 Å². The first kappa shape index (κ1) is 14.0. The maximum Gasteiger partial charge on any atom is 0.105 e. The van der Waals surface area contributed by atoms with E-state index in [1.807, 2.05) is 30.3 Å². The minimum Gasteiger partial charge on any atom is -0.384 e. The zero-order chi connectivity index (χ0) is 13.1. The molecule has 1 nitrogen and oxygen atoms in total. The second-order valence-corrected chi connectivity index (χ2v) is 6.24. The summed E-state index contributed by atoms with van der Waals surface area (Å²) in [6.07, 6.45) is 0.414. The third-order valence-electron chi connectivity index (χ3n) is 2.93. The van der Waals surface area contributed by atoms with Crippen LogP contribution < -0.4 is 0 Å². The van der Waals surface area contributed by atoms with Crippen LogP contribution in [0, 0.1) is 3.57 Å². The Labute approximate surface area is 130 Å². The number of aliphatic hydroxyl groups excluding tert-OH is 1. The van der Waals surface area contributed by atoms with Crippen molar-refractivity contribution in [2.45, 2.75) is 19.4 Å². The Bertz CT molecular complexity index is 554. The van der Waals surface area contributed by atoms with Crippen LogP contribution in [0.5, 0.6) is 0 Å². The van der Waals surface area contributed by atoms with Gasteiger partial charge in [0.05, 0.1) is 0 Å². The van der Waals surface area contributed by atoms with Crippen molar-refractivity contribution < 1.29 is 5.11 Å². The number of aryl methyl sites for hydroxylation is 1. The standard InChI is InChI=1S/C15H14BrIO/c1-2-10-4-3-5-11(8-10)15(18)13-9-12(16)6-7-14(13)17/h3-9,15,18H,2H2,1H3. The number of rotatable bonds is 3. The summed E-state index contributed by atoms with van der Waals surface area (Å²) >= 11 is 5.71. The third kappa shape index (κ3) is 3.13. The Morgan fingerprint density at radius 3 is 2.72 bits per heavy atom. The second kappa shape index (κ2) is 6.17. The molecule has 0 aliphatic rings. The fourth-order valence-corrected chi connectivity index (χ4v) is 2.90. The summed E-state index contributed by atoms with van der Waals surface area (Å²) in [7, 11) is 0. The number of hydrogen-bond acceptors (Lipinski definition) is 1. The smallest absolute Gasteiger partial charge is 0.105 e. The Kier molecular flexibility index (Phi) is 4.81. The van der Waals surface area contributed by atoms with Gasteiger partial charge in [0.1, 0.15) is 6.10 Å². The van der Waals surface area contributed by atoms with E-state index in [-0.39, 0.29) is 0 Å². The predicted octanol–water partition coefficient (Wildman–Crippen LogP) is 4.70. The lowest BCUT2D eigenvalue weighted by Gasteiger charge is -2.14. The Morgan fingerprint density at radius 2 is 2.00 bits per heavy atom. The fraction of sp³-hybridized carbons (Fsp3) is 0.200. The van der Waals surface area contributed by atoms with Crippen LogP contribution in [0.25, 0.3) is 0 Å². The molecule has 0 aliphatic heterocycles. The lowest BCUT2D eigenvalue weighted by molar-refractivity contribution is 0.219. The molecule has 0 aromatic heterocycles. The van der Waals surface area contributed by atoms with Crippen molar-refractivity contribution >= 4 is 38.5 Å². The van der Waals surface area contributed by atoms with Crippen molar-refractivity contribution in [1.82, 2.24) is 0 Å². The Hall–Kier alpha value is -0.390. The SMILES string of the molecule is CCc1cccc(C(O)c2cc(Br)ccc2I)c1. The summed E-state index contributed by atoms with van der Waals surface area (Å²) in [6, 6.07) is 14.1. The van der Waals surface area contributed by atoms with Gasteiger partial charge in [0.15, 0.2) is 0 Å². The minimum absolute atomic E-state index is 0.569.